The van der Waals surface area contributed by atoms with E-state index in [1.54, 1.807) is 21.1 Å². The lowest BCUT2D eigenvalue weighted by Crippen LogP contribution is -2.51. The summed E-state index contributed by atoms with van der Waals surface area (Å²) in [5, 5.41) is 13.2. The molecule has 0 aliphatic carbocycles. The van der Waals surface area contributed by atoms with Crippen molar-refractivity contribution in [2.45, 2.75) is 37.8 Å². The van der Waals surface area contributed by atoms with Crippen LogP contribution in [0, 0.1) is 0 Å². The Bertz CT molecular complexity index is 1200. The summed E-state index contributed by atoms with van der Waals surface area (Å²) >= 11 is 0. The van der Waals surface area contributed by atoms with Crippen LogP contribution in [0.15, 0.2) is 48.5 Å². The van der Waals surface area contributed by atoms with Gasteiger partial charge in [0.2, 0.25) is 0 Å². The van der Waals surface area contributed by atoms with Crippen LogP contribution in [0.4, 0.5) is 0 Å². The Balaban J connectivity index is 1.58. The van der Waals surface area contributed by atoms with Crippen molar-refractivity contribution in [3.8, 4) is 22.8 Å². The molecule has 0 radical (unpaired) electrons. The third-order valence-corrected chi connectivity index (χ3v) is 6.18. The van der Waals surface area contributed by atoms with Crippen molar-refractivity contribution < 1.29 is 28.9 Å². The molecule has 8 heteroatoms. The maximum atomic E-state index is 12.6. The Hall–Kier alpha value is -3.65. The molecule has 2 aromatic carbocycles. The minimum Gasteiger partial charge on any atom is -0.496 e. The highest BCUT2D eigenvalue weighted by molar-refractivity contribution is 5.89. The van der Waals surface area contributed by atoms with Gasteiger partial charge in [0.05, 0.1) is 31.0 Å². The van der Waals surface area contributed by atoms with E-state index in [4.69, 9.17) is 19.2 Å². The Morgan fingerprint density at radius 3 is 2.50 bits per heavy atom. The predicted molar refractivity (Wildman–Crippen MR) is 127 cm³/mol. The molecular weight excluding hydrogens is 436 g/mol. The first-order valence-electron chi connectivity index (χ1n) is 11.1. The minimum absolute atomic E-state index is 0.148. The number of carboxylic acids is 1. The Kier molecular flexibility index (Phi) is 6.70. The molecule has 0 spiro atoms. The van der Waals surface area contributed by atoms with Gasteiger partial charge in [-0.1, -0.05) is 18.2 Å². The second-order valence-corrected chi connectivity index (χ2v) is 8.51. The van der Waals surface area contributed by atoms with E-state index in [9.17, 15) is 14.7 Å². The molecule has 1 amide bonds. The fourth-order valence-corrected chi connectivity index (χ4v) is 4.25. The number of nitrogens with one attached hydrogen (secondary N) is 1. The van der Waals surface area contributed by atoms with Gasteiger partial charge in [0.15, 0.2) is 0 Å². The van der Waals surface area contributed by atoms with Crippen LogP contribution in [-0.2, 0) is 20.7 Å². The minimum atomic E-state index is -1.09. The van der Waals surface area contributed by atoms with Gasteiger partial charge in [-0.05, 0) is 55.7 Å². The quantitative estimate of drug-likeness (QED) is 0.525. The fraction of sp³-hybridized carbons (Fsp3) is 0.346. The largest absolute Gasteiger partial charge is 0.496 e. The molecule has 1 fully saturated rings. The van der Waals surface area contributed by atoms with Gasteiger partial charge in [-0.3, -0.25) is 4.79 Å². The van der Waals surface area contributed by atoms with Crippen LogP contribution in [-0.4, -0.2) is 54.4 Å². The molecule has 0 saturated carbocycles. The number of carbonyl (C=O) groups excluding carboxylic acids is 1. The molecule has 0 unspecified atom stereocenters. The van der Waals surface area contributed by atoms with Gasteiger partial charge >= 0.3 is 5.97 Å². The van der Waals surface area contributed by atoms with Crippen molar-refractivity contribution in [2.75, 3.05) is 20.8 Å². The molecular formula is C26H28N2O6. The second kappa shape index (κ2) is 9.69. The van der Waals surface area contributed by atoms with Crippen LogP contribution in [0.1, 0.15) is 25.3 Å². The summed E-state index contributed by atoms with van der Waals surface area (Å²) in [6.45, 7) is 2.20. The number of carbonyl (C=O) groups is 2. The van der Waals surface area contributed by atoms with E-state index >= 15 is 0 Å². The van der Waals surface area contributed by atoms with E-state index in [-0.39, 0.29) is 6.42 Å². The molecule has 2 N–H and O–H groups in total. The molecule has 2 heterocycles. The molecule has 2 atom stereocenters. The number of ether oxygens (including phenoxy) is 3. The number of fused-ring (bicyclic) bond motifs is 1. The first-order chi connectivity index (χ1) is 16.3. The van der Waals surface area contributed by atoms with Gasteiger partial charge in [0, 0.05) is 18.4 Å². The van der Waals surface area contributed by atoms with Crippen molar-refractivity contribution >= 4 is 22.8 Å². The number of hydrogen-bond donors (Lipinski definition) is 2. The highest BCUT2D eigenvalue weighted by Gasteiger charge is 2.39. The van der Waals surface area contributed by atoms with Crippen LogP contribution in [0.5, 0.6) is 11.5 Å². The van der Waals surface area contributed by atoms with E-state index < -0.39 is 23.5 Å². The molecule has 178 valence electrons. The Morgan fingerprint density at radius 1 is 1.15 bits per heavy atom. The molecule has 1 aromatic heterocycles. The van der Waals surface area contributed by atoms with Crippen LogP contribution in [0.2, 0.25) is 0 Å². The maximum absolute atomic E-state index is 12.6. The van der Waals surface area contributed by atoms with E-state index in [1.807, 2.05) is 48.5 Å². The van der Waals surface area contributed by atoms with Crippen molar-refractivity contribution in [2.24, 2.45) is 0 Å². The Morgan fingerprint density at radius 2 is 1.88 bits per heavy atom. The summed E-state index contributed by atoms with van der Waals surface area (Å²) in [5.41, 5.74) is 2.01. The molecule has 34 heavy (non-hydrogen) atoms. The summed E-state index contributed by atoms with van der Waals surface area (Å²) in [6, 6.07) is 13.9. The van der Waals surface area contributed by atoms with E-state index in [0.717, 1.165) is 28.5 Å². The fourth-order valence-electron chi connectivity index (χ4n) is 4.25. The number of amides is 1. The van der Waals surface area contributed by atoms with Gasteiger partial charge < -0.3 is 24.6 Å². The SMILES string of the molecule is COc1cccc(OC)c1-c1ccc2cc(C[C@@H](NC(=O)[C@@]3(C)CCCO3)C(=O)O)ccc2n1. The molecule has 3 aromatic rings. The lowest BCUT2D eigenvalue weighted by atomic mass is 9.99. The monoisotopic (exact) mass is 464 g/mol. The van der Waals surface area contributed by atoms with E-state index in [2.05, 4.69) is 5.32 Å². The van der Waals surface area contributed by atoms with Crippen LogP contribution < -0.4 is 14.8 Å². The molecule has 1 aliphatic heterocycles. The van der Waals surface area contributed by atoms with Crippen molar-refractivity contribution in [1.82, 2.24) is 10.3 Å². The number of nitrogens with zero attached hydrogens (tertiary/aromatic N) is 1. The zero-order valence-electron chi connectivity index (χ0n) is 19.5. The topological polar surface area (TPSA) is 107 Å². The van der Waals surface area contributed by atoms with E-state index in [0.29, 0.717) is 30.2 Å². The first-order valence-corrected chi connectivity index (χ1v) is 11.1. The van der Waals surface area contributed by atoms with Crippen LogP contribution in [0.25, 0.3) is 22.2 Å². The number of aliphatic carboxylic acids is 1. The average molecular weight is 465 g/mol. The van der Waals surface area contributed by atoms with Crippen LogP contribution in [0.3, 0.4) is 0 Å². The van der Waals surface area contributed by atoms with Crippen molar-refractivity contribution in [3.05, 3.63) is 54.1 Å². The summed E-state index contributed by atoms with van der Waals surface area (Å²) in [5.74, 6) is -0.173. The van der Waals surface area contributed by atoms with Gasteiger partial charge in [0.1, 0.15) is 23.1 Å². The normalized spacial score (nSPS) is 18.4. The van der Waals surface area contributed by atoms with Crippen molar-refractivity contribution in [3.63, 3.8) is 0 Å². The average Bonchev–Trinajstić information content (AvgIpc) is 3.30. The van der Waals surface area contributed by atoms with Crippen molar-refractivity contribution in [1.29, 1.82) is 0 Å². The summed E-state index contributed by atoms with van der Waals surface area (Å²) in [7, 11) is 3.20. The third kappa shape index (κ3) is 4.68. The van der Waals surface area contributed by atoms with Gasteiger partial charge in [-0.2, -0.15) is 0 Å². The number of aromatic nitrogens is 1. The first kappa shape index (κ1) is 23.5. The standard InChI is InChI=1S/C26H28N2O6/c1-26(12-5-13-34-26)25(31)28-20(24(29)30)15-16-8-10-18-17(14-16)9-11-19(27-18)23-21(32-2)6-4-7-22(23)33-3/h4,6-11,14,20H,5,12-13,15H2,1-3H3,(H,28,31)(H,29,30)/t20-,26-/m1/s1. The molecule has 8 nitrogen and oxygen atoms in total. The van der Waals surface area contributed by atoms with Gasteiger partial charge in [0.25, 0.3) is 5.91 Å². The molecule has 0 bridgehead atoms. The molecule has 4 rings (SSSR count). The number of benzene rings is 2. The number of pyridine rings is 1. The smallest absolute Gasteiger partial charge is 0.326 e. The lowest BCUT2D eigenvalue weighted by Gasteiger charge is -2.24. The van der Waals surface area contributed by atoms with Gasteiger partial charge in [-0.15, -0.1) is 0 Å². The zero-order valence-corrected chi connectivity index (χ0v) is 19.5. The maximum Gasteiger partial charge on any atom is 0.326 e. The molecule has 1 saturated heterocycles. The number of carboxylic acid groups (broad SMARTS) is 1. The van der Waals surface area contributed by atoms with Crippen LogP contribution >= 0.6 is 0 Å². The molecule has 1 aliphatic rings. The number of hydrogen-bond acceptors (Lipinski definition) is 6. The highest BCUT2D eigenvalue weighted by Crippen LogP contribution is 2.37. The summed E-state index contributed by atoms with van der Waals surface area (Å²) in [6.07, 6.45) is 1.50. The summed E-state index contributed by atoms with van der Waals surface area (Å²) in [4.78, 5) is 29.2. The Labute approximate surface area is 197 Å². The third-order valence-electron chi connectivity index (χ3n) is 6.18. The predicted octanol–water partition coefficient (Wildman–Crippen LogP) is 3.60. The number of rotatable bonds is 8. The number of methoxy groups -OCH3 is 2. The van der Waals surface area contributed by atoms with E-state index in [1.165, 1.54) is 0 Å². The second-order valence-electron chi connectivity index (χ2n) is 8.51. The lowest BCUT2D eigenvalue weighted by molar-refractivity contribution is -0.147. The van der Waals surface area contributed by atoms with Gasteiger partial charge in [-0.25, -0.2) is 9.78 Å². The highest BCUT2D eigenvalue weighted by atomic mass is 16.5. The summed E-state index contributed by atoms with van der Waals surface area (Å²) < 4.78 is 16.5. The zero-order chi connectivity index (χ0) is 24.3.